The van der Waals surface area contributed by atoms with E-state index < -0.39 is 6.17 Å². The molecule has 0 saturated carbocycles. The van der Waals surface area contributed by atoms with Crippen LogP contribution in [0, 0.1) is 0 Å². The second-order valence-corrected chi connectivity index (χ2v) is 2.88. The van der Waals surface area contributed by atoms with E-state index in [1.807, 2.05) is 0 Å². The van der Waals surface area contributed by atoms with Gasteiger partial charge < -0.3 is 4.74 Å². The molecule has 0 unspecified atom stereocenters. The molecule has 0 heterocycles. The standard InChI is InChI=1S/C7H12BrFO2/c1-6(10)11-4-2-3-7(9)5-8/h7H,2-5H2,1H3/t7-/m1/s1. The largest absolute Gasteiger partial charge is 0.466 e. The van der Waals surface area contributed by atoms with Crippen molar-refractivity contribution in [3.63, 3.8) is 0 Å². The molecule has 0 rings (SSSR count). The zero-order valence-electron chi connectivity index (χ0n) is 6.48. The van der Waals surface area contributed by atoms with Crippen molar-refractivity contribution in [3.8, 4) is 0 Å². The highest BCUT2D eigenvalue weighted by molar-refractivity contribution is 9.09. The molecule has 0 spiro atoms. The van der Waals surface area contributed by atoms with Crippen molar-refractivity contribution >= 4 is 21.9 Å². The molecule has 0 radical (unpaired) electrons. The van der Waals surface area contributed by atoms with Crippen LogP contribution in [0.2, 0.25) is 0 Å². The van der Waals surface area contributed by atoms with Crippen LogP contribution in [0.25, 0.3) is 0 Å². The monoisotopic (exact) mass is 226 g/mol. The lowest BCUT2D eigenvalue weighted by Crippen LogP contribution is -2.05. The molecule has 0 saturated heterocycles. The van der Waals surface area contributed by atoms with Crippen LogP contribution in [0.1, 0.15) is 19.8 Å². The van der Waals surface area contributed by atoms with E-state index in [2.05, 4.69) is 20.7 Å². The Kier molecular flexibility index (Phi) is 6.51. The fourth-order valence-corrected chi connectivity index (χ4v) is 0.922. The fourth-order valence-electron chi connectivity index (χ4n) is 0.598. The zero-order valence-corrected chi connectivity index (χ0v) is 8.06. The van der Waals surface area contributed by atoms with E-state index in [1.165, 1.54) is 6.92 Å². The SMILES string of the molecule is CC(=O)OCCC[C@@H](F)CBr. The molecule has 1 atom stereocenters. The fraction of sp³-hybridized carbons (Fsp3) is 0.857. The van der Waals surface area contributed by atoms with Crippen LogP contribution in [0.15, 0.2) is 0 Å². The number of ether oxygens (including phenoxy) is 1. The van der Waals surface area contributed by atoms with Crippen LogP contribution in [-0.2, 0) is 9.53 Å². The maximum atomic E-state index is 12.5. The summed E-state index contributed by atoms with van der Waals surface area (Å²) in [4.78, 5) is 10.2. The Morgan fingerprint density at radius 1 is 1.73 bits per heavy atom. The lowest BCUT2D eigenvalue weighted by Gasteiger charge is -2.03. The molecular weight excluding hydrogens is 215 g/mol. The topological polar surface area (TPSA) is 26.3 Å². The highest BCUT2D eigenvalue weighted by Crippen LogP contribution is 2.04. The van der Waals surface area contributed by atoms with Gasteiger partial charge in [-0.2, -0.15) is 0 Å². The van der Waals surface area contributed by atoms with Gasteiger partial charge in [-0.05, 0) is 12.8 Å². The minimum atomic E-state index is -0.828. The molecule has 0 N–H and O–H groups in total. The lowest BCUT2D eigenvalue weighted by molar-refractivity contribution is -0.141. The lowest BCUT2D eigenvalue weighted by atomic mass is 10.2. The Balaban J connectivity index is 3.08. The quantitative estimate of drug-likeness (QED) is 0.408. The average molecular weight is 227 g/mol. The van der Waals surface area contributed by atoms with Gasteiger partial charge in [0.25, 0.3) is 0 Å². The van der Waals surface area contributed by atoms with E-state index in [0.717, 1.165) is 0 Å². The molecule has 0 bridgehead atoms. The molecular formula is C7H12BrFO2. The molecule has 0 aliphatic rings. The average Bonchev–Trinajstić information content (AvgIpc) is 1.97. The van der Waals surface area contributed by atoms with Crippen LogP contribution < -0.4 is 0 Å². The highest BCUT2D eigenvalue weighted by Gasteiger charge is 2.03. The van der Waals surface area contributed by atoms with E-state index in [-0.39, 0.29) is 5.97 Å². The van der Waals surface area contributed by atoms with Crippen molar-refractivity contribution in [2.24, 2.45) is 0 Å². The summed E-state index contributed by atoms with van der Waals surface area (Å²) in [6.07, 6.45) is 0.204. The molecule has 0 aliphatic carbocycles. The summed E-state index contributed by atoms with van der Waals surface area (Å²) < 4.78 is 17.1. The Morgan fingerprint density at radius 2 is 2.36 bits per heavy atom. The first-order valence-electron chi connectivity index (χ1n) is 3.50. The molecule has 4 heteroatoms. The van der Waals surface area contributed by atoms with Crippen molar-refractivity contribution in [2.75, 3.05) is 11.9 Å². The summed E-state index contributed by atoms with van der Waals surface area (Å²) in [5.41, 5.74) is 0. The van der Waals surface area contributed by atoms with Crippen molar-refractivity contribution in [1.29, 1.82) is 0 Å². The van der Waals surface area contributed by atoms with Crippen molar-refractivity contribution in [2.45, 2.75) is 25.9 Å². The zero-order chi connectivity index (χ0) is 8.69. The summed E-state index contributed by atoms with van der Waals surface area (Å²) in [6, 6.07) is 0. The molecule has 0 aliphatic heterocycles. The number of rotatable bonds is 5. The summed E-state index contributed by atoms with van der Waals surface area (Å²) in [5, 5.41) is 0.354. The molecule has 2 nitrogen and oxygen atoms in total. The van der Waals surface area contributed by atoms with Crippen LogP contribution in [0.5, 0.6) is 0 Å². The highest BCUT2D eigenvalue weighted by atomic mass is 79.9. The van der Waals surface area contributed by atoms with Gasteiger partial charge in [-0.3, -0.25) is 4.79 Å². The second-order valence-electron chi connectivity index (χ2n) is 2.23. The molecule has 0 aromatic rings. The predicted octanol–water partition coefficient (Wildman–Crippen LogP) is 2.06. The maximum absolute atomic E-state index is 12.5. The van der Waals surface area contributed by atoms with Gasteiger partial charge in [-0.25, -0.2) is 4.39 Å². The van der Waals surface area contributed by atoms with Crippen LogP contribution in [0.3, 0.4) is 0 Å². The van der Waals surface area contributed by atoms with Gasteiger partial charge in [0, 0.05) is 12.3 Å². The van der Waals surface area contributed by atoms with Gasteiger partial charge in [-0.1, -0.05) is 15.9 Å². The summed E-state index contributed by atoms with van der Waals surface area (Å²) in [5.74, 6) is -0.306. The normalized spacial score (nSPS) is 12.6. The number of carbonyl (C=O) groups excluding carboxylic acids is 1. The van der Waals surface area contributed by atoms with E-state index in [9.17, 15) is 9.18 Å². The minimum Gasteiger partial charge on any atom is -0.466 e. The smallest absolute Gasteiger partial charge is 0.302 e. The third-order valence-electron chi connectivity index (χ3n) is 1.13. The Morgan fingerprint density at radius 3 is 2.82 bits per heavy atom. The maximum Gasteiger partial charge on any atom is 0.302 e. The first-order valence-corrected chi connectivity index (χ1v) is 4.62. The van der Waals surface area contributed by atoms with Crippen LogP contribution in [0.4, 0.5) is 4.39 Å². The van der Waals surface area contributed by atoms with Gasteiger partial charge in [-0.15, -0.1) is 0 Å². The van der Waals surface area contributed by atoms with Crippen LogP contribution in [-0.4, -0.2) is 24.1 Å². The molecule has 0 fully saturated rings. The first-order chi connectivity index (χ1) is 5.16. The second kappa shape index (κ2) is 6.58. The van der Waals surface area contributed by atoms with Crippen molar-refractivity contribution in [3.05, 3.63) is 0 Å². The van der Waals surface area contributed by atoms with Gasteiger partial charge in [0.05, 0.1) is 6.61 Å². The number of alkyl halides is 2. The molecule has 0 aromatic carbocycles. The molecule has 0 aromatic heterocycles. The number of esters is 1. The third-order valence-corrected chi connectivity index (χ3v) is 1.84. The van der Waals surface area contributed by atoms with Crippen LogP contribution >= 0.6 is 15.9 Å². The van der Waals surface area contributed by atoms with E-state index in [0.29, 0.717) is 24.8 Å². The first kappa shape index (κ1) is 10.9. The minimum absolute atomic E-state index is 0.306. The molecule has 66 valence electrons. The predicted molar refractivity (Wildman–Crippen MR) is 44.6 cm³/mol. The summed E-state index contributed by atoms with van der Waals surface area (Å²) in [6.45, 7) is 1.67. The summed E-state index contributed by atoms with van der Waals surface area (Å²) in [7, 11) is 0. The van der Waals surface area contributed by atoms with E-state index in [1.54, 1.807) is 0 Å². The molecule has 0 amide bonds. The summed E-state index contributed by atoms with van der Waals surface area (Å²) >= 11 is 3.01. The Hall–Kier alpha value is -0.120. The Bertz CT molecular complexity index is 119. The van der Waals surface area contributed by atoms with Gasteiger partial charge >= 0.3 is 5.97 Å². The number of halogens is 2. The van der Waals surface area contributed by atoms with Gasteiger partial charge in [0.15, 0.2) is 0 Å². The Labute approximate surface area is 74.2 Å². The number of hydrogen-bond donors (Lipinski definition) is 0. The van der Waals surface area contributed by atoms with Crippen molar-refractivity contribution in [1.82, 2.24) is 0 Å². The van der Waals surface area contributed by atoms with E-state index >= 15 is 0 Å². The van der Waals surface area contributed by atoms with Crippen molar-refractivity contribution < 1.29 is 13.9 Å². The van der Waals surface area contributed by atoms with E-state index in [4.69, 9.17) is 0 Å². The molecule has 11 heavy (non-hydrogen) atoms. The number of carbonyl (C=O) groups is 1. The third kappa shape index (κ3) is 7.78. The van der Waals surface area contributed by atoms with Gasteiger partial charge in [0.2, 0.25) is 0 Å². The number of hydrogen-bond acceptors (Lipinski definition) is 2. The van der Waals surface area contributed by atoms with Gasteiger partial charge in [0.1, 0.15) is 6.17 Å².